The summed E-state index contributed by atoms with van der Waals surface area (Å²) in [6.45, 7) is 3.63. The predicted octanol–water partition coefficient (Wildman–Crippen LogP) is 5.32. The van der Waals surface area contributed by atoms with E-state index in [0.717, 1.165) is 11.3 Å². The summed E-state index contributed by atoms with van der Waals surface area (Å²) < 4.78 is 0. The van der Waals surface area contributed by atoms with E-state index in [1.54, 1.807) is 12.2 Å². The summed E-state index contributed by atoms with van der Waals surface area (Å²) in [5.74, 6) is 0.153. The monoisotopic (exact) mass is 350 g/mol. The number of aliphatic imine (C=N–C) groups is 1. The van der Waals surface area contributed by atoms with Gasteiger partial charge in [-0.1, -0.05) is 66.2 Å². The summed E-state index contributed by atoms with van der Waals surface area (Å²) in [6, 6.07) is 18.6. The second-order valence-electron chi connectivity index (χ2n) is 5.78. The molecule has 0 atom stereocenters. The lowest BCUT2D eigenvalue weighted by Crippen LogP contribution is -2.05. The molecule has 0 aromatic heterocycles. The predicted molar refractivity (Wildman–Crippen MR) is 105 cm³/mol. The normalized spacial score (nSPS) is 16.2. The molecule has 2 aromatic rings. The van der Waals surface area contributed by atoms with Gasteiger partial charge in [-0.05, 0) is 35.6 Å². The molecule has 4 heteroatoms. The molecule has 2 N–H and O–H groups in total. The highest BCUT2D eigenvalue weighted by Crippen LogP contribution is 2.23. The van der Waals surface area contributed by atoms with E-state index < -0.39 is 0 Å². The molecule has 2 aromatic carbocycles. The van der Waals surface area contributed by atoms with Gasteiger partial charge in [0.2, 0.25) is 0 Å². The van der Waals surface area contributed by atoms with Gasteiger partial charge in [0.05, 0.1) is 10.7 Å². The van der Waals surface area contributed by atoms with Crippen LogP contribution in [-0.2, 0) is 6.42 Å². The molecule has 3 rings (SSSR count). The maximum absolute atomic E-state index is 9.38. The molecule has 0 bridgehead atoms. The number of allylic oxidation sites excluding steroid dienone is 4. The van der Waals surface area contributed by atoms with Crippen LogP contribution in [0.1, 0.15) is 12.0 Å². The number of rotatable bonds is 5. The van der Waals surface area contributed by atoms with Crippen LogP contribution < -0.4 is 5.32 Å². The number of nitrogens with zero attached hydrogens (tertiary/aromatic N) is 1. The molecule has 25 heavy (non-hydrogen) atoms. The lowest BCUT2D eigenvalue weighted by atomic mass is 10.0. The third kappa shape index (κ3) is 4.40. The third-order valence-corrected chi connectivity index (χ3v) is 4.33. The summed E-state index contributed by atoms with van der Waals surface area (Å²) in [5.41, 5.74) is 5.01. The molecule has 0 aliphatic carbocycles. The number of hydrogen-bond acceptors (Lipinski definition) is 3. The van der Waals surface area contributed by atoms with Crippen molar-refractivity contribution in [3.63, 3.8) is 0 Å². The molecule has 0 saturated carbocycles. The molecule has 0 fully saturated rings. The lowest BCUT2D eigenvalue weighted by Gasteiger charge is -2.07. The van der Waals surface area contributed by atoms with Crippen molar-refractivity contribution >= 4 is 18.3 Å². The second-order valence-corrected chi connectivity index (χ2v) is 6.19. The van der Waals surface area contributed by atoms with Crippen molar-refractivity contribution < 1.29 is 5.11 Å². The first kappa shape index (κ1) is 17.1. The first-order chi connectivity index (χ1) is 12.2. The fourth-order valence-electron chi connectivity index (χ4n) is 2.66. The SMILES string of the molecule is C=N/C(Cc1ccc(-c2ccccc2)cc1)=C(Cl)\C=C1/CC=C(O)N1. The van der Waals surface area contributed by atoms with Gasteiger partial charge in [0.25, 0.3) is 0 Å². The summed E-state index contributed by atoms with van der Waals surface area (Å²) >= 11 is 6.38. The van der Waals surface area contributed by atoms with Crippen molar-refractivity contribution in [1.29, 1.82) is 0 Å². The van der Waals surface area contributed by atoms with E-state index in [4.69, 9.17) is 11.6 Å². The lowest BCUT2D eigenvalue weighted by molar-refractivity contribution is 0.385. The van der Waals surface area contributed by atoms with Crippen molar-refractivity contribution in [1.82, 2.24) is 5.32 Å². The molecule has 3 nitrogen and oxygen atoms in total. The Morgan fingerprint density at radius 3 is 2.40 bits per heavy atom. The van der Waals surface area contributed by atoms with Crippen LogP contribution in [0.25, 0.3) is 11.1 Å². The Morgan fingerprint density at radius 2 is 1.80 bits per heavy atom. The Hall–Kier alpha value is -2.78. The van der Waals surface area contributed by atoms with Crippen molar-refractivity contribution in [3.8, 4) is 11.1 Å². The number of nitrogens with one attached hydrogen (secondary N) is 1. The van der Waals surface area contributed by atoms with Gasteiger partial charge in [0.15, 0.2) is 5.88 Å². The van der Waals surface area contributed by atoms with Gasteiger partial charge in [-0.25, -0.2) is 0 Å². The maximum atomic E-state index is 9.38. The smallest absolute Gasteiger partial charge is 0.184 e. The van der Waals surface area contributed by atoms with E-state index >= 15 is 0 Å². The average molecular weight is 351 g/mol. The molecular formula is C21H19ClN2O. The number of hydrogen-bond donors (Lipinski definition) is 2. The fourth-order valence-corrected chi connectivity index (χ4v) is 2.92. The van der Waals surface area contributed by atoms with Crippen LogP contribution in [0.3, 0.4) is 0 Å². The molecule has 0 unspecified atom stereocenters. The van der Waals surface area contributed by atoms with E-state index in [9.17, 15) is 5.11 Å². The largest absolute Gasteiger partial charge is 0.495 e. The minimum Gasteiger partial charge on any atom is -0.495 e. The topological polar surface area (TPSA) is 44.6 Å². The molecule has 1 aliphatic rings. The highest BCUT2D eigenvalue weighted by molar-refractivity contribution is 6.31. The van der Waals surface area contributed by atoms with Gasteiger partial charge in [0.1, 0.15) is 0 Å². The second kappa shape index (κ2) is 7.86. The minimum absolute atomic E-state index is 0.153. The Bertz CT molecular complexity index is 849. The number of halogens is 1. The zero-order valence-corrected chi connectivity index (χ0v) is 14.5. The van der Waals surface area contributed by atoms with Crippen LogP contribution in [0.2, 0.25) is 0 Å². The van der Waals surface area contributed by atoms with Gasteiger partial charge < -0.3 is 10.4 Å². The standard InChI is InChI=1S/C21H19ClN2O/c1-23-20(19(22)14-18-11-12-21(25)24-18)13-15-7-9-17(10-8-15)16-5-3-2-4-6-16/h2-10,12,14,24-25H,1,11,13H2/b18-14+,20-19+. The molecular weight excluding hydrogens is 332 g/mol. The summed E-state index contributed by atoms with van der Waals surface area (Å²) in [5, 5.41) is 12.7. The highest BCUT2D eigenvalue weighted by Gasteiger charge is 2.09. The fraction of sp³-hybridized carbons (Fsp3) is 0.0952. The maximum Gasteiger partial charge on any atom is 0.184 e. The molecule has 0 spiro atoms. The van der Waals surface area contributed by atoms with Crippen LogP contribution in [0.4, 0.5) is 0 Å². The summed E-state index contributed by atoms with van der Waals surface area (Å²) in [7, 11) is 0. The van der Waals surface area contributed by atoms with Gasteiger partial charge in [-0.3, -0.25) is 4.99 Å². The van der Waals surface area contributed by atoms with Crippen LogP contribution in [0, 0.1) is 0 Å². The molecule has 1 heterocycles. The minimum atomic E-state index is 0.153. The number of benzene rings is 2. The summed E-state index contributed by atoms with van der Waals surface area (Å²) in [4.78, 5) is 4.07. The van der Waals surface area contributed by atoms with Crippen molar-refractivity contribution in [2.45, 2.75) is 12.8 Å². The number of aliphatic hydroxyl groups is 1. The first-order valence-corrected chi connectivity index (χ1v) is 8.40. The Morgan fingerprint density at radius 1 is 1.12 bits per heavy atom. The van der Waals surface area contributed by atoms with Crippen LogP contribution in [0.15, 0.2) is 94.1 Å². The van der Waals surface area contributed by atoms with Crippen LogP contribution in [0.5, 0.6) is 0 Å². The van der Waals surface area contributed by atoms with Crippen molar-refractivity contribution in [2.75, 3.05) is 0 Å². The molecule has 1 aliphatic heterocycles. The molecule has 126 valence electrons. The Labute approximate surface area is 152 Å². The van der Waals surface area contributed by atoms with Crippen molar-refractivity contribution in [3.05, 3.63) is 94.6 Å². The zero-order valence-electron chi connectivity index (χ0n) is 13.7. The molecule has 0 amide bonds. The van der Waals surface area contributed by atoms with Gasteiger partial charge in [0, 0.05) is 18.5 Å². The average Bonchev–Trinajstić information content (AvgIpc) is 3.05. The van der Waals surface area contributed by atoms with Crippen LogP contribution in [-0.4, -0.2) is 11.8 Å². The van der Waals surface area contributed by atoms with E-state index in [-0.39, 0.29) is 5.88 Å². The zero-order chi connectivity index (χ0) is 17.6. The quantitative estimate of drug-likeness (QED) is 0.716. The summed E-state index contributed by atoms with van der Waals surface area (Å²) in [6.07, 6.45) is 4.70. The highest BCUT2D eigenvalue weighted by atomic mass is 35.5. The van der Waals surface area contributed by atoms with E-state index in [2.05, 4.69) is 53.4 Å². The van der Waals surface area contributed by atoms with Crippen LogP contribution >= 0.6 is 11.6 Å². The Kier molecular flexibility index (Phi) is 5.36. The van der Waals surface area contributed by atoms with E-state index in [0.29, 0.717) is 23.6 Å². The number of aliphatic hydroxyl groups excluding tert-OH is 1. The van der Waals surface area contributed by atoms with Crippen molar-refractivity contribution in [2.24, 2.45) is 4.99 Å². The van der Waals surface area contributed by atoms with E-state index in [1.807, 2.05) is 18.2 Å². The van der Waals surface area contributed by atoms with E-state index in [1.165, 1.54) is 11.1 Å². The molecule has 0 saturated heterocycles. The third-order valence-electron chi connectivity index (χ3n) is 4.00. The van der Waals surface area contributed by atoms with Gasteiger partial charge in [-0.2, -0.15) is 0 Å². The first-order valence-electron chi connectivity index (χ1n) is 8.02. The van der Waals surface area contributed by atoms with Gasteiger partial charge in [-0.15, -0.1) is 0 Å². The molecule has 0 radical (unpaired) electrons. The Balaban J connectivity index is 1.75. The van der Waals surface area contributed by atoms with Gasteiger partial charge >= 0.3 is 0 Å².